The maximum atomic E-state index is 12.8. The van der Waals surface area contributed by atoms with Crippen LogP contribution in [0.3, 0.4) is 0 Å². The Morgan fingerprint density at radius 3 is 2.86 bits per heavy atom. The van der Waals surface area contributed by atoms with Crippen LogP contribution < -0.4 is 10.5 Å². The minimum atomic E-state index is -0.0260. The molecule has 1 saturated heterocycles. The Bertz CT molecular complexity index is 695. The summed E-state index contributed by atoms with van der Waals surface area (Å²) in [5.74, 6) is 0.676. The van der Waals surface area contributed by atoms with Crippen LogP contribution in [0.15, 0.2) is 30.5 Å². The van der Waals surface area contributed by atoms with Crippen molar-refractivity contribution in [3.63, 3.8) is 0 Å². The van der Waals surface area contributed by atoms with Crippen LogP contribution in [-0.4, -0.2) is 46.8 Å². The molecule has 22 heavy (non-hydrogen) atoms. The number of likely N-dealkylation sites (tertiary alicyclic amines) is 1. The Balaban J connectivity index is 2.01. The van der Waals surface area contributed by atoms with E-state index in [9.17, 15) is 4.79 Å². The van der Waals surface area contributed by atoms with Crippen LogP contribution >= 0.6 is 0 Å². The predicted molar refractivity (Wildman–Crippen MR) is 83.7 cm³/mol. The highest BCUT2D eigenvalue weighted by molar-refractivity contribution is 6.00. The lowest BCUT2D eigenvalue weighted by atomic mass is 10.1. The Labute approximate surface area is 129 Å². The van der Waals surface area contributed by atoms with E-state index in [1.807, 2.05) is 31.3 Å². The van der Waals surface area contributed by atoms with Crippen molar-refractivity contribution in [2.75, 3.05) is 20.2 Å². The Kier molecular flexibility index (Phi) is 3.85. The molecule has 2 N–H and O–H groups in total. The van der Waals surface area contributed by atoms with E-state index in [2.05, 4.69) is 5.10 Å². The number of carbonyl (C=O) groups excluding carboxylic acids is 1. The monoisotopic (exact) mass is 300 g/mol. The second-order valence-electron chi connectivity index (χ2n) is 5.57. The maximum Gasteiger partial charge on any atom is 0.257 e. The van der Waals surface area contributed by atoms with Crippen molar-refractivity contribution in [2.45, 2.75) is 12.5 Å². The SMILES string of the molecule is COc1ccccc1-c1nn(C)cc1C(=O)N1CC[C@@H](N)C1. The second-order valence-corrected chi connectivity index (χ2v) is 5.57. The number of para-hydroxylation sites is 1. The van der Waals surface area contributed by atoms with Crippen LogP contribution in [0.5, 0.6) is 5.75 Å². The summed E-state index contributed by atoms with van der Waals surface area (Å²) < 4.78 is 7.05. The van der Waals surface area contributed by atoms with Gasteiger partial charge in [-0.25, -0.2) is 0 Å². The molecule has 6 heteroatoms. The zero-order chi connectivity index (χ0) is 15.7. The first kappa shape index (κ1) is 14.6. The molecular formula is C16H20N4O2. The molecule has 116 valence electrons. The topological polar surface area (TPSA) is 73.4 Å². The molecule has 1 aliphatic rings. The first-order chi connectivity index (χ1) is 10.6. The molecule has 2 aromatic rings. The molecule has 2 heterocycles. The third-order valence-corrected chi connectivity index (χ3v) is 3.93. The van der Waals surface area contributed by atoms with Gasteiger partial charge in [-0.05, 0) is 18.6 Å². The fourth-order valence-corrected chi connectivity index (χ4v) is 2.83. The lowest BCUT2D eigenvalue weighted by Crippen LogP contribution is -2.32. The number of nitrogens with zero attached hydrogens (tertiary/aromatic N) is 3. The van der Waals surface area contributed by atoms with Crippen LogP contribution in [0, 0.1) is 0 Å². The van der Waals surface area contributed by atoms with Crippen LogP contribution in [-0.2, 0) is 7.05 Å². The highest BCUT2D eigenvalue weighted by Gasteiger charge is 2.28. The smallest absolute Gasteiger partial charge is 0.257 e. The molecule has 0 saturated carbocycles. The number of nitrogens with two attached hydrogens (primary N) is 1. The quantitative estimate of drug-likeness (QED) is 0.926. The molecule has 0 spiro atoms. The highest BCUT2D eigenvalue weighted by Crippen LogP contribution is 2.31. The van der Waals surface area contributed by atoms with Gasteiger partial charge in [0.1, 0.15) is 11.4 Å². The van der Waals surface area contributed by atoms with E-state index in [0.717, 1.165) is 12.0 Å². The van der Waals surface area contributed by atoms with E-state index in [1.54, 1.807) is 22.9 Å². The molecule has 6 nitrogen and oxygen atoms in total. The number of methoxy groups -OCH3 is 1. The summed E-state index contributed by atoms with van der Waals surface area (Å²) in [5.41, 5.74) is 7.95. The van der Waals surface area contributed by atoms with E-state index in [-0.39, 0.29) is 11.9 Å². The van der Waals surface area contributed by atoms with Crippen molar-refractivity contribution in [1.29, 1.82) is 0 Å². The fourth-order valence-electron chi connectivity index (χ4n) is 2.83. The maximum absolute atomic E-state index is 12.8. The number of hydrogen-bond donors (Lipinski definition) is 1. The Morgan fingerprint density at radius 1 is 1.41 bits per heavy atom. The highest BCUT2D eigenvalue weighted by atomic mass is 16.5. The van der Waals surface area contributed by atoms with E-state index in [4.69, 9.17) is 10.5 Å². The van der Waals surface area contributed by atoms with Crippen molar-refractivity contribution >= 4 is 5.91 Å². The van der Waals surface area contributed by atoms with E-state index in [0.29, 0.717) is 30.1 Å². The molecule has 1 aromatic heterocycles. The van der Waals surface area contributed by atoms with Gasteiger partial charge in [-0.15, -0.1) is 0 Å². The van der Waals surface area contributed by atoms with Gasteiger partial charge in [-0.3, -0.25) is 9.48 Å². The summed E-state index contributed by atoms with van der Waals surface area (Å²) >= 11 is 0. The fraction of sp³-hybridized carbons (Fsp3) is 0.375. The van der Waals surface area contributed by atoms with E-state index < -0.39 is 0 Å². The average molecular weight is 300 g/mol. The van der Waals surface area contributed by atoms with Crippen molar-refractivity contribution in [3.8, 4) is 17.0 Å². The first-order valence-corrected chi connectivity index (χ1v) is 7.32. The van der Waals surface area contributed by atoms with Gasteiger partial charge < -0.3 is 15.4 Å². The van der Waals surface area contributed by atoms with Gasteiger partial charge in [-0.1, -0.05) is 12.1 Å². The summed E-state index contributed by atoms with van der Waals surface area (Å²) in [7, 11) is 3.42. The average Bonchev–Trinajstić information content (AvgIpc) is 3.12. The van der Waals surface area contributed by atoms with Gasteiger partial charge in [0, 0.05) is 37.9 Å². The zero-order valence-electron chi connectivity index (χ0n) is 12.8. The number of hydrogen-bond acceptors (Lipinski definition) is 4. The molecule has 1 atom stereocenters. The number of carbonyl (C=O) groups is 1. The molecule has 1 fully saturated rings. The number of benzene rings is 1. The van der Waals surface area contributed by atoms with Gasteiger partial charge in [0.15, 0.2) is 0 Å². The Hall–Kier alpha value is -2.34. The molecule has 3 rings (SSSR count). The largest absolute Gasteiger partial charge is 0.496 e. The number of rotatable bonds is 3. The van der Waals surface area contributed by atoms with E-state index >= 15 is 0 Å². The van der Waals surface area contributed by atoms with Crippen molar-refractivity contribution in [2.24, 2.45) is 12.8 Å². The molecule has 0 radical (unpaired) electrons. The molecular weight excluding hydrogens is 280 g/mol. The van der Waals surface area contributed by atoms with Gasteiger partial charge >= 0.3 is 0 Å². The van der Waals surface area contributed by atoms with Gasteiger partial charge in [0.05, 0.1) is 12.7 Å². The summed E-state index contributed by atoms with van der Waals surface area (Å²) in [6.07, 6.45) is 2.60. The third kappa shape index (κ3) is 2.57. The minimum absolute atomic E-state index is 0.0260. The van der Waals surface area contributed by atoms with Crippen LogP contribution in [0.25, 0.3) is 11.3 Å². The molecule has 0 bridgehead atoms. The van der Waals surface area contributed by atoms with Crippen molar-refractivity contribution in [1.82, 2.24) is 14.7 Å². The predicted octanol–water partition coefficient (Wildman–Crippen LogP) is 1.27. The van der Waals surface area contributed by atoms with Crippen LogP contribution in [0.4, 0.5) is 0 Å². The number of amides is 1. The molecule has 0 unspecified atom stereocenters. The van der Waals surface area contributed by atoms with Crippen LogP contribution in [0.1, 0.15) is 16.8 Å². The zero-order valence-corrected chi connectivity index (χ0v) is 12.8. The Morgan fingerprint density at radius 2 is 2.18 bits per heavy atom. The molecule has 1 aliphatic heterocycles. The lowest BCUT2D eigenvalue weighted by molar-refractivity contribution is 0.0791. The van der Waals surface area contributed by atoms with Gasteiger partial charge in [-0.2, -0.15) is 5.10 Å². The molecule has 0 aliphatic carbocycles. The van der Waals surface area contributed by atoms with Gasteiger partial charge in [0.25, 0.3) is 5.91 Å². The second kappa shape index (κ2) is 5.81. The van der Waals surface area contributed by atoms with Crippen molar-refractivity contribution in [3.05, 3.63) is 36.0 Å². The molecule has 1 aromatic carbocycles. The third-order valence-electron chi connectivity index (χ3n) is 3.93. The summed E-state index contributed by atoms with van der Waals surface area (Å²) in [6.45, 7) is 1.29. The van der Waals surface area contributed by atoms with Crippen molar-refractivity contribution < 1.29 is 9.53 Å². The summed E-state index contributed by atoms with van der Waals surface area (Å²) in [6, 6.07) is 7.65. The minimum Gasteiger partial charge on any atom is -0.496 e. The first-order valence-electron chi connectivity index (χ1n) is 7.32. The summed E-state index contributed by atoms with van der Waals surface area (Å²) in [4.78, 5) is 14.6. The number of ether oxygens (including phenoxy) is 1. The van der Waals surface area contributed by atoms with Gasteiger partial charge in [0.2, 0.25) is 0 Å². The van der Waals surface area contributed by atoms with E-state index in [1.165, 1.54) is 0 Å². The molecule has 1 amide bonds. The normalized spacial score (nSPS) is 17.8. The number of aryl methyl sites for hydroxylation is 1. The number of aromatic nitrogens is 2. The van der Waals surface area contributed by atoms with Crippen LogP contribution in [0.2, 0.25) is 0 Å². The standard InChI is InChI=1S/C16H20N4O2/c1-19-10-13(16(21)20-8-7-11(17)9-20)15(18-19)12-5-3-4-6-14(12)22-2/h3-6,10-11H,7-9,17H2,1-2H3/t11-/m1/s1. The lowest BCUT2D eigenvalue weighted by Gasteiger charge is -2.16. The summed E-state index contributed by atoms with van der Waals surface area (Å²) in [5, 5.41) is 4.46.